The molecule has 2 N–H and O–H groups in total. The van der Waals surface area contributed by atoms with Crippen molar-refractivity contribution in [3.63, 3.8) is 0 Å². The molecule has 162 valence electrons. The van der Waals surface area contributed by atoms with Crippen molar-refractivity contribution in [2.24, 2.45) is 5.92 Å². The van der Waals surface area contributed by atoms with E-state index in [2.05, 4.69) is 110 Å². The van der Waals surface area contributed by atoms with Crippen molar-refractivity contribution < 1.29 is 0 Å². The monoisotopic (exact) mass is 432 g/mol. The third-order valence-electron chi connectivity index (χ3n) is 6.31. The summed E-state index contributed by atoms with van der Waals surface area (Å²) in [6, 6.07) is 17.6. The maximum absolute atomic E-state index is 5.62. The third kappa shape index (κ3) is 4.47. The SMILES string of the molecule is CC1CC/C(=C\c2ccc(N(C)C)cc2)C2=C1C(c1ccc(N(C)C)cc1)NC(=S)N2. The number of nitrogens with zero attached hydrogens (tertiary/aromatic N) is 2. The van der Waals surface area contributed by atoms with Crippen LogP contribution < -0.4 is 20.4 Å². The lowest BCUT2D eigenvalue weighted by molar-refractivity contribution is 0.502. The molecule has 0 saturated carbocycles. The first-order valence-corrected chi connectivity index (χ1v) is 11.3. The maximum Gasteiger partial charge on any atom is 0.171 e. The van der Waals surface area contributed by atoms with Crippen molar-refractivity contribution >= 4 is 34.8 Å². The predicted octanol–water partition coefficient (Wildman–Crippen LogP) is 5.11. The standard InChI is InChI=1S/C26H32N4S/c1-17-6-9-20(16-18-7-12-21(13-8-18)29(2)3)25-23(17)24(27-26(31)28-25)19-10-14-22(15-11-19)30(4)5/h7-8,10-17,24H,6,9H2,1-5H3,(H2,27,28,31)/b20-16+. The van der Waals surface area contributed by atoms with Crippen LogP contribution in [0.25, 0.3) is 6.08 Å². The molecule has 2 unspecified atom stereocenters. The Balaban J connectivity index is 1.73. The number of rotatable bonds is 4. The van der Waals surface area contributed by atoms with Gasteiger partial charge in [-0.3, -0.25) is 0 Å². The second-order valence-electron chi connectivity index (χ2n) is 8.94. The van der Waals surface area contributed by atoms with E-state index >= 15 is 0 Å². The molecule has 4 rings (SSSR count). The zero-order valence-electron chi connectivity index (χ0n) is 19.1. The van der Waals surface area contributed by atoms with E-state index < -0.39 is 0 Å². The van der Waals surface area contributed by atoms with E-state index in [9.17, 15) is 0 Å². The first-order valence-electron chi connectivity index (χ1n) is 10.9. The Morgan fingerprint density at radius 2 is 1.48 bits per heavy atom. The average Bonchev–Trinajstić information content (AvgIpc) is 2.75. The molecule has 2 atom stereocenters. The van der Waals surface area contributed by atoms with Crippen LogP contribution in [-0.2, 0) is 0 Å². The highest BCUT2D eigenvalue weighted by Gasteiger charge is 2.34. The molecule has 4 nitrogen and oxygen atoms in total. The van der Waals surface area contributed by atoms with Gasteiger partial charge in [-0.15, -0.1) is 0 Å². The first-order chi connectivity index (χ1) is 14.8. The lowest BCUT2D eigenvalue weighted by Gasteiger charge is -2.39. The predicted molar refractivity (Wildman–Crippen MR) is 137 cm³/mol. The quantitative estimate of drug-likeness (QED) is 0.656. The molecule has 1 aliphatic carbocycles. The molecular weight excluding hydrogens is 400 g/mol. The number of hydrogen-bond acceptors (Lipinski definition) is 3. The lowest BCUT2D eigenvalue weighted by atomic mass is 9.77. The van der Waals surface area contributed by atoms with Gasteiger partial charge in [0.25, 0.3) is 0 Å². The van der Waals surface area contributed by atoms with Gasteiger partial charge in [-0.05, 0) is 83.6 Å². The van der Waals surface area contributed by atoms with Crippen molar-refractivity contribution in [3.8, 4) is 0 Å². The fourth-order valence-electron chi connectivity index (χ4n) is 4.47. The first kappa shape index (κ1) is 21.4. The van der Waals surface area contributed by atoms with Crippen LogP contribution in [0.3, 0.4) is 0 Å². The van der Waals surface area contributed by atoms with Crippen molar-refractivity contribution in [2.75, 3.05) is 38.0 Å². The topological polar surface area (TPSA) is 30.5 Å². The minimum atomic E-state index is 0.106. The number of thiocarbonyl (C=S) groups is 1. The normalized spacial score (nSPS) is 22.0. The number of nitrogens with one attached hydrogen (secondary N) is 2. The highest BCUT2D eigenvalue weighted by Crippen LogP contribution is 2.42. The van der Waals surface area contributed by atoms with Crippen LogP contribution in [0.4, 0.5) is 11.4 Å². The van der Waals surface area contributed by atoms with E-state index in [0.29, 0.717) is 11.0 Å². The van der Waals surface area contributed by atoms with Crippen LogP contribution in [-0.4, -0.2) is 33.3 Å². The number of allylic oxidation sites excluding steroid dienone is 1. The van der Waals surface area contributed by atoms with Crippen molar-refractivity contribution in [3.05, 3.63) is 76.5 Å². The molecule has 31 heavy (non-hydrogen) atoms. The van der Waals surface area contributed by atoms with E-state index in [1.165, 1.54) is 39.3 Å². The summed E-state index contributed by atoms with van der Waals surface area (Å²) in [5.74, 6) is 0.491. The second-order valence-corrected chi connectivity index (χ2v) is 9.35. The zero-order valence-corrected chi connectivity index (χ0v) is 19.9. The van der Waals surface area contributed by atoms with Gasteiger partial charge in [-0.2, -0.15) is 0 Å². The average molecular weight is 433 g/mol. The molecular formula is C26H32N4S. The molecule has 0 amide bonds. The van der Waals surface area contributed by atoms with Crippen LogP contribution >= 0.6 is 12.2 Å². The molecule has 0 fully saturated rings. The summed E-state index contributed by atoms with van der Waals surface area (Å²) >= 11 is 5.62. The fourth-order valence-corrected chi connectivity index (χ4v) is 4.69. The van der Waals surface area contributed by atoms with Gasteiger partial charge in [-0.1, -0.05) is 31.2 Å². The van der Waals surface area contributed by atoms with Crippen LogP contribution in [0.1, 0.15) is 36.9 Å². The van der Waals surface area contributed by atoms with Gasteiger partial charge >= 0.3 is 0 Å². The molecule has 0 bridgehead atoms. The highest BCUT2D eigenvalue weighted by atomic mass is 32.1. The molecule has 0 aromatic heterocycles. The summed E-state index contributed by atoms with van der Waals surface area (Å²) in [6.07, 6.45) is 4.51. The molecule has 0 saturated heterocycles. The van der Waals surface area contributed by atoms with Gasteiger partial charge in [0.05, 0.1) is 6.04 Å². The van der Waals surface area contributed by atoms with Crippen molar-refractivity contribution in [2.45, 2.75) is 25.8 Å². The smallest absolute Gasteiger partial charge is 0.171 e. The van der Waals surface area contributed by atoms with E-state index in [-0.39, 0.29) is 6.04 Å². The minimum Gasteiger partial charge on any atom is -0.378 e. The Labute approximate surface area is 191 Å². The number of anilines is 2. The molecule has 5 heteroatoms. The molecule has 2 aliphatic rings. The zero-order chi connectivity index (χ0) is 22.1. The summed E-state index contributed by atoms with van der Waals surface area (Å²) in [6.45, 7) is 2.33. The Kier molecular flexibility index (Phi) is 6.05. The fraction of sp³-hybridized carbons (Fsp3) is 0.346. The van der Waals surface area contributed by atoms with E-state index in [0.717, 1.165) is 12.8 Å². The highest BCUT2D eigenvalue weighted by molar-refractivity contribution is 7.80. The van der Waals surface area contributed by atoms with E-state index in [1.807, 2.05) is 0 Å². The summed E-state index contributed by atoms with van der Waals surface area (Å²) < 4.78 is 0. The number of benzene rings is 2. The summed E-state index contributed by atoms with van der Waals surface area (Å²) in [7, 11) is 8.27. The van der Waals surface area contributed by atoms with Crippen LogP contribution in [0.5, 0.6) is 0 Å². The molecule has 1 aliphatic heterocycles. The molecule has 2 aromatic rings. The van der Waals surface area contributed by atoms with Gasteiger partial charge in [0.15, 0.2) is 5.11 Å². The van der Waals surface area contributed by atoms with Gasteiger partial charge in [0.1, 0.15) is 0 Å². The Morgan fingerprint density at radius 3 is 2.06 bits per heavy atom. The minimum absolute atomic E-state index is 0.106. The Morgan fingerprint density at radius 1 is 0.903 bits per heavy atom. The van der Waals surface area contributed by atoms with Crippen molar-refractivity contribution in [1.82, 2.24) is 10.6 Å². The van der Waals surface area contributed by atoms with Gasteiger partial charge in [0.2, 0.25) is 0 Å². The third-order valence-corrected chi connectivity index (χ3v) is 6.53. The molecule has 0 radical (unpaired) electrons. The van der Waals surface area contributed by atoms with E-state index in [1.54, 1.807) is 0 Å². The van der Waals surface area contributed by atoms with E-state index in [4.69, 9.17) is 12.2 Å². The van der Waals surface area contributed by atoms with Crippen LogP contribution in [0.2, 0.25) is 0 Å². The lowest BCUT2D eigenvalue weighted by Crippen LogP contribution is -2.46. The summed E-state index contributed by atoms with van der Waals surface area (Å²) in [5.41, 5.74) is 8.85. The number of hydrogen-bond donors (Lipinski definition) is 2. The van der Waals surface area contributed by atoms with Crippen LogP contribution in [0.15, 0.2) is 65.4 Å². The summed E-state index contributed by atoms with van der Waals surface area (Å²) in [4.78, 5) is 4.25. The Hall–Kier alpha value is -2.79. The van der Waals surface area contributed by atoms with Gasteiger partial charge in [0, 0.05) is 45.3 Å². The van der Waals surface area contributed by atoms with Gasteiger partial charge in [-0.25, -0.2) is 0 Å². The molecule has 1 heterocycles. The second kappa shape index (κ2) is 8.75. The van der Waals surface area contributed by atoms with Crippen LogP contribution in [0, 0.1) is 5.92 Å². The molecule has 0 spiro atoms. The largest absolute Gasteiger partial charge is 0.378 e. The molecule has 2 aromatic carbocycles. The van der Waals surface area contributed by atoms with Crippen molar-refractivity contribution in [1.29, 1.82) is 0 Å². The maximum atomic E-state index is 5.62. The summed E-state index contributed by atoms with van der Waals surface area (Å²) in [5, 5.41) is 7.72. The Bertz CT molecular complexity index is 1020. The van der Waals surface area contributed by atoms with Gasteiger partial charge < -0.3 is 20.4 Å².